The molecule has 0 radical (unpaired) electrons. The van der Waals surface area contributed by atoms with Gasteiger partial charge in [0.05, 0.1) is 6.61 Å². The van der Waals surface area contributed by atoms with Gasteiger partial charge in [-0.1, -0.05) is 90.2 Å². The van der Waals surface area contributed by atoms with Gasteiger partial charge in [0.1, 0.15) is 21.9 Å². The maximum atomic E-state index is 6.10. The second-order valence-electron chi connectivity index (χ2n) is 11.9. The zero-order valence-corrected chi connectivity index (χ0v) is 26.2. The largest absolute Gasteiger partial charge is 0.494 e. The summed E-state index contributed by atoms with van der Waals surface area (Å²) in [5, 5.41) is 8.67. The van der Waals surface area contributed by atoms with Gasteiger partial charge in [0.15, 0.2) is 0 Å². The fraction of sp³-hybridized carbons (Fsp3) is 0.438. The standard InChI is InChI=1S/C32H42N2O2Si2/c1-8-9-10-11-12-13-20-35-30-16-14-28(15-17-30)31-33-34-32(36-31)29-24-26(18-21-37(2,3)4)23-27(25-29)19-22-38(5,6)7/h14-17,23-25H,8-13,20H2,1-7H3. The summed E-state index contributed by atoms with van der Waals surface area (Å²) < 4.78 is 12.0. The zero-order valence-electron chi connectivity index (χ0n) is 24.2. The Labute approximate surface area is 231 Å². The number of nitrogens with zero attached hydrogens (tertiary/aromatic N) is 2. The summed E-state index contributed by atoms with van der Waals surface area (Å²) in [6, 6.07) is 14.0. The molecule has 0 saturated heterocycles. The molecule has 0 unspecified atom stereocenters. The van der Waals surface area contributed by atoms with E-state index in [1.165, 1.54) is 32.1 Å². The molecule has 4 nitrogen and oxygen atoms in total. The molecule has 0 N–H and O–H groups in total. The summed E-state index contributed by atoms with van der Waals surface area (Å²) in [4.78, 5) is 0. The summed E-state index contributed by atoms with van der Waals surface area (Å²) in [6.45, 7) is 16.4. The van der Waals surface area contributed by atoms with E-state index >= 15 is 0 Å². The number of hydrogen-bond acceptors (Lipinski definition) is 4. The van der Waals surface area contributed by atoms with Crippen molar-refractivity contribution in [3.8, 4) is 51.6 Å². The number of hydrogen-bond donors (Lipinski definition) is 0. The molecule has 6 heteroatoms. The topological polar surface area (TPSA) is 48.2 Å². The normalized spacial score (nSPS) is 11.3. The lowest BCUT2D eigenvalue weighted by molar-refractivity contribution is 0.304. The van der Waals surface area contributed by atoms with Gasteiger partial charge in [-0.05, 0) is 48.9 Å². The first-order chi connectivity index (χ1) is 18.0. The number of aromatic nitrogens is 2. The molecule has 0 aliphatic carbocycles. The molecule has 200 valence electrons. The van der Waals surface area contributed by atoms with Crippen molar-refractivity contribution in [2.24, 2.45) is 0 Å². The van der Waals surface area contributed by atoms with Gasteiger partial charge in [-0.25, -0.2) is 0 Å². The molecule has 0 fully saturated rings. The molecule has 38 heavy (non-hydrogen) atoms. The fourth-order valence-corrected chi connectivity index (χ4v) is 4.68. The third-order valence-corrected chi connectivity index (χ3v) is 7.39. The lowest BCUT2D eigenvalue weighted by atomic mass is 10.1. The second-order valence-corrected chi connectivity index (χ2v) is 21.4. The maximum Gasteiger partial charge on any atom is 0.248 e. The van der Waals surface area contributed by atoms with E-state index in [-0.39, 0.29) is 0 Å². The molecular formula is C32H42N2O2Si2. The Balaban J connectivity index is 1.75. The predicted octanol–water partition coefficient (Wildman–Crippen LogP) is 8.60. The van der Waals surface area contributed by atoms with Crippen molar-refractivity contribution in [2.75, 3.05) is 6.61 Å². The summed E-state index contributed by atoms with van der Waals surface area (Å²) in [6.07, 6.45) is 7.52. The first-order valence-electron chi connectivity index (χ1n) is 13.8. The Kier molecular flexibility index (Phi) is 10.6. The summed E-state index contributed by atoms with van der Waals surface area (Å²) >= 11 is 0. The molecule has 0 bridgehead atoms. The van der Waals surface area contributed by atoms with E-state index in [1.807, 2.05) is 36.4 Å². The van der Waals surface area contributed by atoms with Gasteiger partial charge in [0.2, 0.25) is 11.8 Å². The van der Waals surface area contributed by atoms with Crippen molar-refractivity contribution >= 4 is 16.1 Å². The van der Waals surface area contributed by atoms with Crippen LogP contribution in [-0.2, 0) is 0 Å². The zero-order chi connectivity index (χ0) is 27.6. The number of ether oxygens (including phenoxy) is 1. The Bertz CT molecular complexity index is 1260. The van der Waals surface area contributed by atoms with Crippen molar-refractivity contribution in [1.82, 2.24) is 10.2 Å². The minimum atomic E-state index is -1.52. The lowest BCUT2D eigenvalue weighted by Crippen LogP contribution is -2.16. The number of rotatable bonds is 10. The van der Waals surface area contributed by atoms with E-state index in [0.717, 1.165) is 41.0 Å². The average molecular weight is 543 g/mol. The molecule has 0 atom stereocenters. The lowest BCUT2D eigenvalue weighted by Gasteiger charge is -2.06. The third kappa shape index (κ3) is 10.4. The molecule has 0 aliphatic rings. The highest BCUT2D eigenvalue weighted by Gasteiger charge is 2.14. The van der Waals surface area contributed by atoms with Crippen LogP contribution in [0, 0.1) is 22.9 Å². The van der Waals surface area contributed by atoms with E-state index < -0.39 is 16.1 Å². The van der Waals surface area contributed by atoms with E-state index in [9.17, 15) is 0 Å². The molecule has 3 aromatic rings. The van der Waals surface area contributed by atoms with Crippen molar-refractivity contribution in [3.05, 3.63) is 53.6 Å². The Morgan fingerprint density at radius 1 is 0.684 bits per heavy atom. The summed E-state index contributed by atoms with van der Waals surface area (Å²) in [5.41, 5.74) is 10.5. The van der Waals surface area contributed by atoms with Crippen molar-refractivity contribution < 1.29 is 9.15 Å². The molecule has 3 rings (SSSR count). The van der Waals surface area contributed by atoms with Gasteiger partial charge in [-0.15, -0.1) is 21.3 Å². The Morgan fingerprint density at radius 2 is 1.21 bits per heavy atom. The highest BCUT2D eigenvalue weighted by atomic mass is 28.3. The summed E-state index contributed by atoms with van der Waals surface area (Å²) in [5.74, 6) is 8.54. The molecule has 1 aromatic heterocycles. The van der Waals surface area contributed by atoms with Crippen molar-refractivity contribution in [1.29, 1.82) is 0 Å². The van der Waals surface area contributed by atoms with Crippen LogP contribution in [0.2, 0.25) is 39.3 Å². The van der Waals surface area contributed by atoms with E-state index in [2.05, 4.69) is 85.4 Å². The Hall–Kier alpha value is -3.07. The Morgan fingerprint density at radius 3 is 1.76 bits per heavy atom. The minimum absolute atomic E-state index is 0.469. The van der Waals surface area contributed by atoms with Crippen LogP contribution in [0.5, 0.6) is 5.75 Å². The van der Waals surface area contributed by atoms with Crippen LogP contribution in [0.1, 0.15) is 56.6 Å². The third-order valence-electron chi connectivity index (χ3n) is 5.64. The fourth-order valence-electron chi connectivity index (χ4n) is 3.64. The van der Waals surface area contributed by atoms with Crippen LogP contribution in [-0.4, -0.2) is 33.0 Å². The van der Waals surface area contributed by atoms with Crippen molar-refractivity contribution in [2.45, 2.75) is 84.7 Å². The van der Waals surface area contributed by atoms with Gasteiger partial charge in [0, 0.05) is 22.3 Å². The van der Waals surface area contributed by atoms with Crippen molar-refractivity contribution in [3.63, 3.8) is 0 Å². The minimum Gasteiger partial charge on any atom is -0.494 e. The average Bonchev–Trinajstić information content (AvgIpc) is 3.36. The van der Waals surface area contributed by atoms with E-state index in [1.54, 1.807) is 0 Å². The van der Waals surface area contributed by atoms with Crippen LogP contribution in [0.25, 0.3) is 22.9 Å². The predicted molar refractivity (Wildman–Crippen MR) is 164 cm³/mol. The molecular weight excluding hydrogens is 501 g/mol. The molecule has 0 amide bonds. The van der Waals surface area contributed by atoms with Gasteiger partial charge in [0.25, 0.3) is 0 Å². The van der Waals surface area contributed by atoms with Crippen LogP contribution >= 0.6 is 0 Å². The molecule has 1 heterocycles. The highest BCUT2D eigenvalue weighted by Crippen LogP contribution is 2.27. The van der Waals surface area contributed by atoms with Crippen LogP contribution < -0.4 is 4.74 Å². The highest BCUT2D eigenvalue weighted by molar-refractivity contribution is 6.84. The first-order valence-corrected chi connectivity index (χ1v) is 20.8. The van der Waals surface area contributed by atoms with E-state index in [0.29, 0.717) is 11.8 Å². The second kappa shape index (κ2) is 13.6. The molecule has 2 aromatic carbocycles. The van der Waals surface area contributed by atoms with Crippen LogP contribution in [0.15, 0.2) is 46.9 Å². The van der Waals surface area contributed by atoms with E-state index in [4.69, 9.17) is 9.15 Å². The van der Waals surface area contributed by atoms with Crippen LogP contribution in [0.4, 0.5) is 0 Å². The van der Waals surface area contributed by atoms with Gasteiger partial charge < -0.3 is 9.15 Å². The number of unbranched alkanes of at least 4 members (excludes halogenated alkanes) is 5. The van der Waals surface area contributed by atoms with Gasteiger partial charge in [-0.2, -0.15) is 0 Å². The molecule has 0 aliphatic heterocycles. The number of benzene rings is 2. The van der Waals surface area contributed by atoms with Crippen LogP contribution in [0.3, 0.4) is 0 Å². The smallest absolute Gasteiger partial charge is 0.248 e. The molecule has 0 saturated carbocycles. The summed E-state index contributed by atoms with van der Waals surface area (Å²) in [7, 11) is -3.03. The maximum absolute atomic E-state index is 6.10. The monoisotopic (exact) mass is 542 g/mol. The SMILES string of the molecule is CCCCCCCCOc1ccc(-c2nnc(-c3cc(C#C[Si](C)(C)C)cc(C#C[Si](C)(C)C)c3)o2)cc1. The van der Waals surface area contributed by atoms with Gasteiger partial charge >= 0.3 is 0 Å². The quantitative estimate of drug-likeness (QED) is 0.146. The molecule has 0 spiro atoms. The van der Waals surface area contributed by atoms with Gasteiger partial charge in [-0.3, -0.25) is 0 Å². The first kappa shape index (κ1) is 29.5.